The van der Waals surface area contributed by atoms with E-state index in [1.165, 1.54) is 29.2 Å². The molecule has 0 saturated heterocycles. The molecule has 0 radical (unpaired) electrons. The lowest BCUT2D eigenvalue weighted by Gasteiger charge is -2.31. The van der Waals surface area contributed by atoms with Gasteiger partial charge in [-0.2, -0.15) is 0 Å². The molecule has 1 aromatic heterocycles. The van der Waals surface area contributed by atoms with Crippen molar-refractivity contribution in [2.24, 2.45) is 0 Å². The van der Waals surface area contributed by atoms with Crippen LogP contribution in [0.2, 0.25) is 0 Å². The molecule has 184 valence electrons. The molecular weight excluding hydrogens is 476 g/mol. The third-order valence-corrected chi connectivity index (χ3v) is 6.05. The number of benzene rings is 3. The van der Waals surface area contributed by atoms with E-state index in [-0.39, 0.29) is 17.3 Å². The predicted octanol–water partition coefficient (Wildman–Crippen LogP) is 5.13. The van der Waals surface area contributed by atoms with Gasteiger partial charge < -0.3 is 9.47 Å². The van der Waals surface area contributed by atoms with Gasteiger partial charge in [0.05, 0.1) is 9.85 Å². The second kappa shape index (κ2) is 9.38. The minimum atomic E-state index is -0.736. The lowest BCUT2D eigenvalue weighted by Crippen LogP contribution is -2.36. The fraction of sp³-hybridized carbons (Fsp3) is 0.0769. The van der Waals surface area contributed by atoms with Crippen molar-refractivity contribution in [3.8, 4) is 5.69 Å². The third-order valence-electron chi connectivity index (χ3n) is 6.05. The molecule has 0 N–H and O–H groups in total. The number of anilines is 1. The van der Waals surface area contributed by atoms with Crippen molar-refractivity contribution in [2.45, 2.75) is 13.1 Å². The van der Waals surface area contributed by atoms with Gasteiger partial charge in [-0.3, -0.25) is 29.9 Å². The fourth-order valence-electron chi connectivity index (χ4n) is 4.15. The van der Waals surface area contributed by atoms with E-state index < -0.39 is 16.0 Å². The van der Waals surface area contributed by atoms with Crippen molar-refractivity contribution >= 4 is 23.0 Å². The van der Waals surface area contributed by atoms with Crippen molar-refractivity contribution in [3.63, 3.8) is 0 Å². The van der Waals surface area contributed by atoms with E-state index in [1.807, 2.05) is 19.1 Å². The van der Waals surface area contributed by atoms with Gasteiger partial charge in [-0.15, -0.1) is 0 Å². The monoisotopic (exact) mass is 496 g/mol. The average molecular weight is 496 g/mol. The Bertz CT molecular complexity index is 1510. The molecule has 2 heterocycles. The smallest absolute Gasteiger partial charge is 0.269 e. The molecule has 0 bridgehead atoms. The van der Waals surface area contributed by atoms with Crippen LogP contribution < -0.4 is 4.90 Å². The van der Waals surface area contributed by atoms with E-state index in [1.54, 1.807) is 70.7 Å². The number of carbonyl (C=O) groups is 1. The highest BCUT2D eigenvalue weighted by molar-refractivity contribution is 5.96. The molecule has 0 fully saturated rings. The maximum Gasteiger partial charge on any atom is 0.269 e. The fourth-order valence-corrected chi connectivity index (χ4v) is 4.15. The molecule has 3 aromatic carbocycles. The van der Waals surface area contributed by atoms with Crippen LogP contribution in [-0.2, 0) is 0 Å². The molecule has 1 atom stereocenters. The zero-order valence-electron chi connectivity index (χ0n) is 19.5. The molecule has 0 unspecified atom stereocenters. The molecule has 11 nitrogen and oxygen atoms in total. The summed E-state index contributed by atoms with van der Waals surface area (Å²) in [5.74, 6) is 0.210. The highest BCUT2D eigenvalue weighted by Gasteiger charge is 2.37. The molecule has 11 heteroatoms. The van der Waals surface area contributed by atoms with Crippen molar-refractivity contribution in [3.05, 3.63) is 135 Å². The number of carbonyl (C=O) groups excluding carboxylic acids is 1. The summed E-state index contributed by atoms with van der Waals surface area (Å²) in [5.41, 5.74) is 2.64. The highest BCUT2D eigenvalue weighted by atomic mass is 16.6. The van der Waals surface area contributed by atoms with Gasteiger partial charge in [0, 0.05) is 66.0 Å². The maximum absolute atomic E-state index is 13.6. The summed E-state index contributed by atoms with van der Waals surface area (Å²) in [6.45, 7) is 1.93. The number of hydrogen-bond acceptors (Lipinski definition) is 7. The van der Waals surface area contributed by atoms with Gasteiger partial charge in [-0.25, -0.2) is 4.98 Å². The SMILES string of the molecule is Cc1ccc(C(=O)N2C=CN(c3ccc([N+](=O)[O-])cc3)[C@H]2c2nccn2-c2ccc([N+](=O)[O-])cc2)cc1. The number of aryl methyl sites for hydroxylation is 1. The predicted molar refractivity (Wildman–Crippen MR) is 135 cm³/mol. The summed E-state index contributed by atoms with van der Waals surface area (Å²) < 4.78 is 1.75. The minimum absolute atomic E-state index is 0.0448. The molecule has 0 aliphatic carbocycles. The van der Waals surface area contributed by atoms with E-state index >= 15 is 0 Å². The molecule has 4 aromatic rings. The number of nitrogens with zero attached hydrogens (tertiary/aromatic N) is 6. The van der Waals surface area contributed by atoms with Gasteiger partial charge in [0.15, 0.2) is 12.0 Å². The molecule has 0 saturated carbocycles. The Labute approximate surface area is 210 Å². The number of nitro groups is 2. The van der Waals surface area contributed by atoms with E-state index in [4.69, 9.17) is 0 Å². The molecule has 1 aliphatic heterocycles. The normalized spacial score (nSPS) is 14.7. The summed E-state index contributed by atoms with van der Waals surface area (Å²) >= 11 is 0. The molecule has 5 rings (SSSR count). The van der Waals surface area contributed by atoms with Crippen LogP contribution in [0.5, 0.6) is 0 Å². The van der Waals surface area contributed by atoms with E-state index in [0.717, 1.165) is 5.56 Å². The maximum atomic E-state index is 13.6. The Kier molecular flexibility index (Phi) is 5.94. The van der Waals surface area contributed by atoms with Crippen LogP contribution in [0.4, 0.5) is 17.1 Å². The molecule has 0 spiro atoms. The Balaban J connectivity index is 1.58. The molecule has 37 heavy (non-hydrogen) atoms. The summed E-state index contributed by atoms with van der Waals surface area (Å²) in [5, 5.41) is 22.2. The van der Waals surface area contributed by atoms with Gasteiger partial charge in [0.25, 0.3) is 17.3 Å². The Hall–Kier alpha value is -5.32. The van der Waals surface area contributed by atoms with E-state index in [0.29, 0.717) is 22.8 Å². The van der Waals surface area contributed by atoms with E-state index in [2.05, 4.69) is 4.98 Å². The highest BCUT2D eigenvalue weighted by Crippen LogP contribution is 2.37. The van der Waals surface area contributed by atoms with Gasteiger partial charge >= 0.3 is 0 Å². The number of nitro benzene ring substituents is 2. The largest absolute Gasteiger partial charge is 0.319 e. The first-order chi connectivity index (χ1) is 17.8. The number of imidazole rings is 1. The van der Waals surface area contributed by atoms with Crippen molar-refractivity contribution < 1.29 is 14.6 Å². The van der Waals surface area contributed by atoms with Crippen molar-refractivity contribution in [1.29, 1.82) is 0 Å². The Morgan fingerprint density at radius 1 is 0.811 bits per heavy atom. The summed E-state index contributed by atoms with van der Waals surface area (Å²) in [6, 6.07) is 19.2. The minimum Gasteiger partial charge on any atom is -0.319 e. The lowest BCUT2D eigenvalue weighted by molar-refractivity contribution is -0.385. The number of non-ortho nitro benzene ring substituents is 2. The van der Waals surface area contributed by atoms with Gasteiger partial charge in [-0.05, 0) is 43.3 Å². The van der Waals surface area contributed by atoms with Crippen LogP contribution in [0.1, 0.15) is 27.9 Å². The zero-order chi connectivity index (χ0) is 26.1. The van der Waals surface area contributed by atoms with Crippen LogP contribution >= 0.6 is 0 Å². The number of aromatic nitrogens is 2. The first kappa shape index (κ1) is 23.4. The first-order valence-electron chi connectivity index (χ1n) is 11.2. The zero-order valence-corrected chi connectivity index (χ0v) is 19.5. The van der Waals surface area contributed by atoms with Crippen LogP contribution in [0.15, 0.2) is 97.6 Å². The summed E-state index contributed by atoms with van der Waals surface area (Å²) in [4.78, 5) is 42.8. The standard InChI is InChI=1S/C26H20N6O5/c1-18-2-4-19(5-3-18)26(33)30-17-16-29(21-8-12-23(13-9-21)32(36)37)25(30)24-27-14-15-28(24)20-6-10-22(11-7-20)31(34)35/h2-17,25H,1H3/t25-/m1/s1. The average Bonchev–Trinajstić information content (AvgIpc) is 3.56. The first-order valence-corrected chi connectivity index (χ1v) is 11.2. The summed E-state index contributed by atoms with van der Waals surface area (Å²) in [7, 11) is 0. The van der Waals surface area contributed by atoms with Crippen LogP contribution in [0, 0.1) is 27.2 Å². The number of amides is 1. The molecular formula is C26H20N6O5. The van der Waals surface area contributed by atoms with Crippen molar-refractivity contribution in [1.82, 2.24) is 14.5 Å². The molecule has 1 aliphatic rings. The van der Waals surface area contributed by atoms with Gasteiger partial charge in [-0.1, -0.05) is 17.7 Å². The van der Waals surface area contributed by atoms with Crippen molar-refractivity contribution in [2.75, 3.05) is 4.90 Å². The van der Waals surface area contributed by atoms with Crippen LogP contribution in [0.3, 0.4) is 0 Å². The Morgan fingerprint density at radius 2 is 1.38 bits per heavy atom. The second-order valence-electron chi connectivity index (χ2n) is 8.36. The van der Waals surface area contributed by atoms with E-state index in [9.17, 15) is 25.0 Å². The second-order valence-corrected chi connectivity index (χ2v) is 8.36. The lowest BCUT2D eigenvalue weighted by atomic mass is 10.1. The summed E-state index contributed by atoms with van der Waals surface area (Å²) in [6.07, 6.45) is 5.91. The topological polar surface area (TPSA) is 128 Å². The van der Waals surface area contributed by atoms with Crippen LogP contribution in [0.25, 0.3) is 5.69 Å². The number of rotatable bonds is 6. The quantitative estimate of drug-likeness (QED) is 0.267. The Morgan fingerprint density at radius 3 is 1.95 bits per heavy atom. The third kappa shape index (κ3) is 4.41. The van der Waals surface area contributed by atoms with Gasteiger partial charge in [0.2, 0.25) is 0 Å². The van der Waals surface area contributed by atoms with Crippen LogP contribution in [-0.4, -0.2) is 30.2 Å². The number of hydrogen-bond donors (Lipinski definition) is 0. The molecule has 1 amide bonds. The van der Waals surface area contributed by atoms with Gasteiger partial charge in [0.1, 0.15) is 0 Å².